The molecule has 0 fully saturated rings. The van der Waals surface area contributed by atoms with Gasteiger partial charge < -0.3 is 14.6 Å². The molecule has 2 rings (SSSR count). The maximum Gasteiger partial charge on any atom is 0.482 e. The van der Waals surface area contributed by atoms with E-state index in [0.29, 0.717) is 0 Å². The first-order valence-corrected chi connectivity index (χ1v) is 5.94. The van der Waals surface area contributed by atoms with Gasteiger partial charge in [-0.1, -0.05) is 5.16 Å². The van der Waals surface area contributed by atoms with E-state index in [0.717, 1.165) is 31.3 Å². The highest BCUT2D eigenvalue weighted by Crippen LogP contribution is 2.30. The van der Waals surface area contributed by atoms with Crippen LogP contribution in [0.3, 0.4) is 0 Å². The molecular formula is C12H8F5N3O3. The quantitative estimate of drug-likeness (QED) is 0.868. The highest BCUT2D eigenvalue weighted by Gasteiger charge is 2.41. The predicted molar refractivity (Wildman–Crippen MR) is 64.4 cm³/mol. The Morgan fingerprint density at radius 2 is 1.78 bits per heavy atom. The number of carbonyl (C=O) groups excluding carboxylic acids is 1. The van der Waals surface area contributed by atoms with E-state index in [1.54, 1.807) is 5.32 Å². The number of amides is 1. The van der Waals surface area contributed by atoms with Gasteiger partial charge in [-0.15, -0.1) is 0 Å². The minimum Gasteiger partial charge on any atom is -0.425 e. The Morgan fingerprint density at radius 1 is 1.17 bits per heavy atom. The largest absolute Gasteiger partial charge is 0.482 e. The molecule has 1 heterocycles. The number of ether oxygens (including phenoxy) is 1. The fraction of sp³-hybridized carbons (Fsp3) is 0.250. The Kier molecular flexibility index (Phi) is 4.21. The number of hydrogen-bond donors (Lipinski definition) is 1. The van der Waals surface area contributed by atoms with E-state index in [4.69, 9.17) is 0 Å². The summed E-state index contributed by atoms with van der Waals surface area (Å²) in [6.07, 6.45) is -8.88. The second-order valence-electron chi connectivity index (χ2n) is 4.14. The predicted octanol–water partition coefficient (Wildman–Crippen LogP) is 2.47. The number of nitrogens with one attached hydrogen (secondary N) is 1. The van der Waals surface area contributed by atoms with Crippen molar-refractivity contribution in [2.45, 2.75) is 12.3 Å². The van der Waals surface area contributed by atoms with Crippen molar-refractivity contribution >= 4 is 5.91 Å². The average molecular weight is 337 g/mol. The van der Waals surface area contributed by atoms with E-state index in [-0.39, 0.29) is 17.1 Å². The molecule has 1 aromatic heterocycles. The lowest BCUT2D eigenvalue weighted by atomic mass is 10.2. The highest BCUT2D eigenvalue weighted by molar-refractivity contribution is 5.81. The molecule has 0 bridgehead atoms. The lowest BCUT2D eigenvalue weighted by Crippen LogP contribution is -2.42. The zero-order valence-electron chi connectivity index (χ0n) is 11.3. The van der Waals surface area contributed by atoms with Crippen LogP contribution in [0.15, 0.2) is 28.8 Å². The maximum atomic E-state index is 13.3. The summed E-state index contributed by atoms with van der Waals surface area (Å²) < 4.78 is 71.8. The zero-order valence-corrected chi connectivity index (χ0v) is 11.3. The van der Waals surface area contributed by atoms with E-state index in [9.17, 15) is 26.7 Å². The van der Waals surface area contributed by atoms with Crippen LogP contribution in [0, 0.1) is 0 Å². The van der Waals surface area contributed by atoms with Gasteiger partial charge in [0.2, 0.25) is 5.82 Å². The van der Waals surface area contributed by atoms with Crippen LogP contribution < -0.4 is 10.1 Å². The summed E-state index contributed by atoms with van der Waals surface area (Å²) in [7, 11) is 1.01. The second-order valence-corrected chi connectivity index (χ2v) is 4.14. The number of rotatable bonds is 4. The van der Waals surface area contributed by atoms with Crippen LogP contribution in [-0.2, 0) is 11.0 Å². The van der Waals surface area contributed by atoms with Crippen LogP contribution in [-0.4, -0.2) is 29.2 Å². The fourth-order valence-electron chi connectivity index (χ4n) is 1.47. The van der Waals surface area contributed by atoms with Crippen molar-refractivity contribution in [2.24, 2.45) is 0 Å². The summed E-state index contributed by atoms with van der Waals surface area (Å²) in [6.45, 7) is 0. The molecule has 6 nitrogen and oxygen atoms in total. The van der Waals surface area contributed by atoms with E-state index >= 15 is 0 Å². The summed E-state index contributed by atoms with van der Waals surface area (Å²) in [5, 5.41) is 4.87. The van der Waals surface area contributed by atoms with Gasteiger partial charge in [0.15, 0.2) is 0 Å². The van der Waals surface area contributed by atoms with Crippen molar-refractivity contribution in [2.75, 3.05) is 7.05 Å². The van der Waals surface area contributed by atoms with Crippen molar-refractivity contribution in [1.29, 1.82) is 0 Å². The van der Waals surface area contributed by atoms with Gasteiger partial charge in [0.05, 0.1) is 0 Å². The smallest absolute Gasteiger partial charge is 0.425 e. The Morgan fingerprint density at radius 3 is 2.26 bits per heavy atom. The Bertz CT molecular complexity index is 697. The zero-order chi connectivity index (χ0) is 17.3. The molecule has 0 radical (unpaired) electrons. The van der Waals surface area contributed by atoms with Gasteiger partial charge in [0.25, 0.3) is 0 Å². The SMILES string of the molecule is CNC(=O)C(F)(F)Oc1ccc(-c2noc(C(F)(F)F)n2)cc1. The van der Waals surface area contributed by atoms with E-state index in [2.05, 4.69) is 19.4 Å². The summed E-state index contributed by atoms with van der Waals surface area (Å²) in [5.41, 5.74) is 0.0832. The number of halogens is 5. The summed E-state index contributed by atoms with van der Waals surface area (Å²) >= 11 is 0. The number of alkyl halides is 5. The van der Waals surface area contributed by atoms with Crippen molar-refractivity contribution in [3.05, 3.63) is 30.2 Å². The monoisotopic (exact) mass is 337 g/mol. The molecule has 2 aromatic rings. The third-order valence-electron chi connectivity index (χ3n) is 2.52. The Labute approximate surface area is 125 Å². The summed E-state index contributed by atoms with van der Waals surface area (Å²) in [6, 6.07) is 4.33. The highest BCUT2D eigenvalue weighted by atomic mass is 19.4. The van der Waals surface area contributed by atoms with Gasteiger partial charge in [-0.2, -0.15) is 26.9 Å². The van der Waals surface area contributed by atoms with Crippen LogP contribution in [0.25, 0.3) is 11.4 Å². The van der Waals surface area contributed by atoms with Gasteiger partial charge in [-0.05, 0) is 24.3 Å². The molecule has 0 saturated carbocycles. The van der Waals surface area contributed by atoms with E-state index < -0.39 is 24.1 Å². The van der Waals surface area contributed by atoms with Crippen LogP contribution in [0.5, 0.6) is 5.75 Å². The molecule has 0 spiro atoms. The number of hydrogen-bond acceptors (Lipinski definition) is 5. The molecule has 0 aliphatic rings. The number of carbonyl (C=O) groups is 1. The molecule has 0 atom stereocenters. The van der Waals surface area contributed by atoms with Crippen molar-refractivity contribution in [3.8, 4) is 17.1 Å². The lowest BCUT2D eigenvalue weighted by molar-refractivity contribution is -0.192. The maximum absolute atomic E-state index is 13.3. The molecule has 23 heavy (non-hydrogen) atoms. The van der Waals surface area contributed by atoms with Gasteiger partial charge >= 0.3 is 24.1 Å². The third-order valence-corrected chi connectivity index (χ3v) is 2.52. The van der Waals surface area contributed by atoms with Crippen LogP contribution in [0.4, 0.5) is 22.0 Å². The number of benzene rings is 1. The molecule has 1 aromatic carbocycles. The Hall–Kier alpha value is -2.72. The topological polar surface area (TPSA) is 77.2 Å². The molecule has 11 heteroatoms. The molecule has 0 unspecified atom stereocenters. The van der Waals surface area contributed by atoms with E-state index in [1.165, 1.54) is 0 Å². The minimum atomic E-state index is -4.79. The van der Waals surface area contributed by atoms with Crippen molar-refractivity contribution in [3.63, 3.8) is 0 Å². The average Bonchev–Trinajstić information content (AvgIpc) is 2.96. The first-order valence-electron chi connectivity index (χ1n) is 5.94. The first kappa shape index (κ1) is 16.6. The molecule has 1 N–H and O–H groups in total. The normalized spacial score (nSPS) is 12.1. The van der Waals surface area contributed by atoms with Crippen LogP contribution >= 0.6 is 0 Å². The lowest BCUT2D eigenvalue weighted by Gasteiger charge is -2.15. The van der Waals surface area contributed by atoms with Gasteiger partial charge in [-0.3, -0.25) is 4.79 Å². The van der Waals surface area contributed by atoms with Crippen molar-refractivity contribution < 1.29 is 36.0 Å². The van der Waals surface area contributed by atoms with Gasteiger partial charge in [0, 0.05) is 12.6 Å². The van der Waals surface area contributed by atoms with Crippen LogP contribution in [0.2, 0.25) is 0 Å². The van der Waals surface area contributed by atoms with E-state index in [1.807, 2.05) is 0 Å². The number of nitrogens with zero attached hydrogens (tertiary/aromatic N) is 2. The van der Waals surface area contributed by atoms with Crippen molar-refractivity contribution in [1.82, 2.24) is 15.5 Å². The van der Waals surface area contributed by atoms with Crippen LogP contribution in [0.1, 0.15) is 5.89 Å². The molecule has 0 saturated heterocycles. The molecule has 0 aliphatic heterocycles. The number of likely N-dealkylation sites (N-methyl/N-ethyl adjacent to an activating group) is 1. The second kappa shape index (κ2) is 5.82. The standard InChI is InChI=1S/C12H8F5N3O3/c1-18-9(21)12(16,17)22-7-4-2-6(3-5-7)8-19-10(23-20-8)11(13,14)15/h2-5H,1H3,(H,18,21). The molecule has 124 valence electrons. The van der Waals surface area contributed by atoms with Gasteiger partial charge in [-0.25, -0.2) is 0 Å². The van der Waals surface area contributed by atoms with Gasteiger partial charge in [0.1, 0.15) is 5.75 Å². The molecule has 1 amide bonds. The Balaban J connectivity index is 2.17. The first-order chi connectivity index (χ1) is 10.6. The molecule has 0 aliphatic carbocycles. The fourth-order valence-corrected chi connectivity index (χ4v) is 1.47. The number of aromatic nitrogens is 2. The summed E-state index contributed by atoms with van der Waals surface area (Å²) in [4.78, 5) is 14.0. The summed E-state index contributed by atoms with van der Waals surface area (Å²) in [5.74, 6) is -3.92. The molecular weight excluding hydrogens is 329 g/mol. The third kappa shape index (κ3) is 3.73. The minimum absolute atomic E-state index is 0.0832.